The van der Waals surface area contributed by atoms with Gasteiger partial charge in [-0.2, -0.15) is 11.8 Å². The van der Waals surface area contributed by atoms with Gasteiger partial charge in [-0.15, -0.1) is 0 Å². The molecule has 0 saturated carbocycles. The molecule has 74 valence electrons. The minimum absolute atomic E-state index is 0.0619. The van der Waals surface area contributed by atoms with Crippen LogP contribution in [-0.2, 0) is 0 Å². The Kier molecular flexibility index (Phi) is 9.64. The highest BCUT2D eigenvalue weighted by Gasteiger charge is 2.02. The van der Waals surface area contributed by atoms with E-state index in [1.807, 2.05) is 11.8 Å². The number of aliphatic hydroxyl groups excluding tert-OH is 1. The quantitative estimate of drug-likeness (QED) is 0.594. The van der Waals surface area contributed by atoms with Gasteiger partial charge in [-0.05, 0) is 18.6 Å². The highest BCUT2D eigenvalue weighted by atomic mass is 32.2. The van der Waals surface area contributed by atoms with E-state index in [1.54, 1.807) is 0 Å². The first kappa shape index (κ1) is 12.3. The van der Waals surface area contributed by atoms with Crippen LogP contribution < -0.4 is 0 Å². The zero-order valence-electron chi connectivity index (χ0n) is 8.38. The van der Waals surface area contributed by atoms with E-state index >= 15 is 0 Å². The lowest BCUT2D eigenvalue weighted by Gasteiger charge is -2.08. The minimum atomic E-state index is -0.0619. The lowest BCUT2D eigenvalue weighted by molar-refractivity contribution is 0.185. The summed E-state index contributed by atoms with van der Waals surface area (Å²) in [5, 5.41) is 9.48. The summed E-state index contributed by atoms with van der Waals surface area (Å²) in [4.78, 5) is 0. The maximum atomic E-state index is 9.48. The number of hydrogen-bond acceptors (Lipinski definition) is 2. The highest BCUT2D eigenvalue weighted by Crippen LogP contribution is 2.10. The van der Waals surface area contributed by atoms with Crippen LogP contribution >= 0.6 is 11.8 Å². The molecule has 0 aromatic rings. The van der Waals surface area contributed by atoms with Gasteiger partial charge in [0.2, 0.25) is 0 Å². The Balaban J connectivity index is 3.04. The summed E-state index contributed by atoms with van der Waals surface area (Å²) in [6, 6.07) is 0. The number of unbranched alkanes of at least 4 members (excludes halogenated alkanes) is 2. The molecule has 0 rings (SSSR count). The first-order chi connectivity index (χ1) is 5.81. The summed E-state index contributed by atoms with van der Waals surface area (Å²) in [5.41, 5.74) is 0. The predicted octanol–water partition coefficient (Wildman–Crippen LogP) is 3.07. The highest BCUT2D eigenvalue weighted by molar-refractivity contribution is 7.99. The van der Waals surface area contributed by atoms with Crippen LogP contribution in [0.15, 0.2) is 0 Å². The smallest absolute Gasteiger partial charge is 0.0630 e. The van der Waals surface area contributed by atoms with Crippen molar-refractivity contribution in [2.45, 2.75) is 52.1 Å². The molecule has 1 N–H and O–H groups in total. The van der Waals surface area contributed by atoms with Gasteiger partial charge in [-0.25, -0.2) is 0 Å². The molecule has 0 bridgehead atoms. The third-order valence-electron chi connectivity index (χ3n) is 1.80. The van der Waals surface area contributed by atoms with E-state index in [1.165, 1.54) is 31.4 Å². The van der Waals surface area contributed by atoms with Gasteiger partial charge in [0.05, 0.1) is 6.10 Å². The fourth-order valence-electron chi connectivity index (χ4n) is 1.08. The molecule has 0 spiro atoms. The number of thioether (sulfide) groups is 1. The molecule has 1 atom stereocenters. The fourth-order valence-corrected chi connectivity index (χ4v) is 1.97. The molecule has 2 heteroatoms. The molecule has 0 heterocycles. The van der Waals surface area contributed by atoms with E-state index in [-0.39, 0.29) is 6.10 Å². The average Bonchev–Trinajstić information content (AvgIpc) is 2.06. The van der Waals surface area contributed by atoms with E-state index in [0.29, 0.717) is 0 Å². The summed E-state index contributed by atoms with van der Waals surface area (Å²) >= 11 is 1.87. The van der Waals surface area contributed by atoms with Gasteiger partial charge >= 0.3 is 0 Å². The Bertz CT molecular complexity index is 75.9. The van der Waals surface area contributed by atoms with Crippen LogP contribution in [0.3, 0.4) is 0 Å². The van der Waals surface area contributed by atoms with Crippen molar-refractivity contribution >= 4 is 11.8 Å². The molecule has 0 aromatic carbocycles. The topological polar surface area (TPSA) is 20.2 Å². The molecule has 1 nitrogen and oxygen atoms in total. The first-order valence-corrected chi connectivity index (χ1v) is 6.22. The molecule has 12 heavy (non-hydrogen) atoms. The Morgan fingerprint density at radius 3 is 2.50 bits per heavy atom. The van der Waals surface area contributed by atoms with Gasteiger partial charge in [0, 0.05) is 5.75 Å². The molecular weight excluding hydrogens is 168 g/mol. The van der Waals surface area contributed by atoms with E-state index in [9.17, 15) is 5.11 Å². The molecule has 0 amide bonds. The first-order valence-electron chi connectivity index (χ1n) is 5.07. The van der Waals surface area contributed by atoms with E-state index in [2.05, 4.69) is 13.8 Å². The summed E-state index contributed by atoms with van der Waals surface area (Å²) < 4.78 is 0. The SMILES string of the molecule is CCCCCC(O)CSCCC. The summed E-state index contributed by atoms with van der Waals surface area (Å²) in [5.74, 6) is 2.11. The second-order valence-corrected chi connectivity index (χ2v) is 4.37. The van der Waals surface area contributed by atoms with Crippen LogP contribution in [0.2, 0.25) is 0 Å². The van der Waals surface area contributed by atoms with Crippen molar-refractivity contribution in [1.29, 1.82) is 0 Å². The maximum Gasteiger partial charge on any atom is 0.0630 e. The minimum Gasteiger partial charge on any atom is -0.392 e. The zero-order valence-corrected chi connectivity index (χ0v) is 9.20. The molecule has 0 aromatic heterocycles. The molecule has 0 radical (unpaired) electrons. The van der Waals surface area contributed by atoms with Gasteiger partial charge in [0.25, 0.3) is 0 Å². The van der Waals surface area contributed by atoms with E-state index in [4.69, 9.17) is 0 Å². The van der Waals surface area contributed by atoms with Crippen molar-refractivity contribution < 1.29 is 5.11 Å². The molecule has 0 fully saturated rings. The predicted molar refractivity (Wildman–Crippen MR) is 57.8 cm³/mol. The Morgan fingerprint density at radius 2 is 1.92 bits per heavy atom. The lowest BCUT2D eigenvalue weighted by atomic mass is 10.1. The zero-order chi connectivity index (χ0) is 9.23. The van der Waals surface area contributed by atoms with Crippen molar-refractivity contribution in [3.63, 3.8) is 0 Å². The van der Waals surface area contributed by atoms with E-state index < -0.39 is 0 Å². The van der Waals surface area contributed by atoms with E-state index in [0.717, 1.165) is 12.2 Å². The lowest BCUT2D eigenvalue weighted by Crippen LogP contribution is -2.09. The maximum absolute atomic E-state index is 9.48. The number of hydrogen-bond donors (Lipinski definition) is 1. The second kappa shape index (κ2) is 9.40. The number of aliphatic hydroxyl groups is 1. The molecule has 0 aliphatic heterocycles. The molecule has 0 aliphatic rings. The third kappa shape index (κ3) is 8.41. The normalized spacial score (nSPS) is 13.2. The van der Waals surface area contributed by atoms with Crippen LogP contribution in [0.4, 0.5) is 0 Å². The van der Waals surface area contributed by atoms with Crippen LogP contribution in [-0.4, -0.2) is 22.7 Å². The molecule has 0 saturated heterocycles. The van der Waals surface area contributed by atoms with Gasteiger partial charge in [0.15, 0.2) is 0 Å². The van der Waals surface area contributed by atoms with Gasteiger partial charge in [0.1, 0.15) is 0 Å². The summed E-state index contributed by atoms with van der Waals surface area (Å²) in [6.45, 7) is 4.37. The van der Waals surface area contributed by atoms with Crippen LogP contribution in [0.1, 0.15) is 46.0 Å². The van der Waals surface area contributed by atoms with Crippen LogP contribution in [0.25, 0.3) is 0 Å². The molecule has 0 aliphatic carbocycles. The Morgan fingerprint density at radius 1 is 1.17 bits per heavy atom. The van der Waals surface area contributed by atoms with Gasteiger partial charge in [-0.1, -0.05) is 33.1 Å². The van der Waals surface area contributed by atoms with Gasteiger partial charge < -0.3 is 5.11 Å². The standard InChI is InChI=1S/C10H22OS/c1-3-5-6-7-10(11)9-12-8-4-2/h10-11H,3-9H2,1-2H3. The fraction of sp³-hybridized carbons (Fsp3) is 1.00. The van der Waals surface area contributed by atoms with Crippen molar-refractivity contribution in [3.8, 4) is 0 Å². The largest absolute Gasteiger partial charge is 0.392 e. The molecule has 1 unspecified atom stereocenters. The Labute approximate surface area is 80.9 Å². The van der Waals surface area contributed by atoms with Gasteiger partial charge in [-0.3, -0.25) is 0 Å². The van der Waals surface area contributed by atoms with Crippen LogP contribution in [0.5, 0.6) is 0 Å². The second-order valence-electron chi connectivity index (χ2n) is 3.22. The summed E-state index contributed by atoms with van der Waals surface area (Å²) in [6.07, 6.45) is 5.83. The average molecular weight is 190 g/mol. The monoisotopic (exact) mass is 190 g/mol. The Hall–Kier alpha value is 0.310. The third-order valence-corrected chi connectivity index (χ3v) is 3.12. The van der Waals surface area contributed by atoms with Crippen molar-refractivity contribution in [3.05, 3.63) is 0 Å². The van der Waals surface area contributed by atoms with Crippen molar-refractivity contribution in [2.24, 2.45) is 0 Å². The van der Waals surface area contributed by atoms with Crippen LogP contribution in [0, 0.1) is 0 Å². The van der Waals surface area contributed by atoms with Crippen molar-refractivity contribution in [1.82, 2.24) is 0 Å². The number of rotatable bonds is 8. The molecular formula is C10H22OS. The van der Waals surface area contributed by atoms with Crippen molar-refractivity contribution in [2.75, 3.05) is 11.5 Å². The summed E-state index contributed by atoms with van der Waals surface area (Å²) in [7, 11) is 0.